The fourth-order valence-corrected chi connectivity index (χ4v) is 3.71. The van der Waals surface area contributed by atoms with E-state index in [9.17, 15) is 14.4 Å². The maximum atomic E-state index is 11.9. The van der Waals surface area contributed by atoms with Gasteiger partial charge in [0, 0.05) is 25.4 Å². The summed E-state index contributed by atoms with van der Waals surface area (Å²) >= 11 is 2.45. The summed E-state index contributed by atoms with van der Waals surface area (Å²) < 4.78 is 5.72. The van der Waals surface area contributed by atoms with Gasteiger partial charge in [0.2, 0.25) is 5.91 Å². The van der Waals surface area contributed by atoms with Crippen molar-refractivity contribution < 1.29 is 19.1 Å². The van der Waals surface area contributed by atoms with Crippen molar-refractivity contribution in [2.24, 2.45) is 11.5 Å². The van der Waals surface area contributed by atoms with Crippen molar-refractivity contribution in [2.75, 3.05) is 19.7 Å². The molecular weight excluding hydrogens is 410 g/mol. The van der Waals surface area contributed by atoms with Crippen LogP contribution in [-0.2, 0) is 25.9 Å². The first-order chi connectivity index (χ1) is 13.8. The molecule has 0 aliphatic rings. The minimum absolute atomic E-state index is 0.0343. The second-order valence-corrected chi connectivity index (χ2v) is 8.83. The molecule has 1 rings (SSSR count). The summed E-state index contributed by atoms with van der Waals surface area (Å²) in [6.07, 6.45) is 2.30. The third-order valence-electron chi connectivity index (χ3n) is 4.02. The molecule has 9 heteroatoms. The molecular formula is C20H31N3O4S2. The number of thioether (sulfide) groups is 2. The topological polar surface area (TPSA) is 125 Å². The minimum Gasteiger partial charge on any atom is -0.492 e. The highest BCUT2D eigenvalue weighted by molar-refractivity contribution is 8.13. The Balaban J connectivity index is 2.53. The van der Waals surface area contributed by atoms with Crippen LogP contribution in [0.2, 0.25) is 0 Å². The number of rotatable bonds is 13. The van der Waals surface area contributed by atoms with E-state index in [2.05, 4.69) is 5.32 Å². The van der Waals surface area contributed by atoms with E-state index in [-0.39, 0.29) is 16.1 Å². The maximum Gasteiger partial charge on any atom is 0.237 e. The standard InChI is InChI=1S/C20H31N3O4S2/c1-14(24)28-12-16-6-7-18(11-17(16)13-29-15(2)25)27-10-9-23-20(26)19(22)5-3-4-8-21/h6-7,11,19H,3-5,8-10,12-13,21-22H2,1-2H3,(H,23,26)/t19-/m0/s1. The Labute approximate surface area is 181 Å². The largest absolute Gasteiger partial charge is 0.492 e. The van der Waals surface area contributed by atoms with E-state index in [0.29, 0.717) is 43.4 Å². The fourth-order valence-electron chi connectivity index (χ4n) is 2.44. The van der Waals surface area contributed by atoms with Gasteiger partial charge in [-0.05, 0) is 42.6 Å². The van der Waals surface area contributed by atoms with Gasteiger partial charge in [-0.15, -0.1) is 0 Å². The Bertz CT molecular complexity index is 686. The Morgan fingerprint density at radius 1 is 1.07 bits per heavy atom. The number of nitrogens with one attached hydrogen (secondary N) is 1. The molecule has 0 aromatic heterocycles. The Kier molecular flexibility index (Phi) is 12.7. The van der Waals surface area contributed by atoms with E-state index >= 15 is 0 Å². The third kappa shape index (κ3) is 11.3. The van der Waals surface area contributed by atoms with Crippen molar-refractivity contribution in [3.05, 3.63) is 29.3 Å². The second-order valence-electron chi connectivity index (χ2n) is 6.52. The first-order valence-corrected chi connectivity index (χ1v) is 11.5. The number of carbonyl (C=O) groups is 3. The van der Waals surface area contributed by atoms with Gasteiger partial charge in [0.05, 0.1) is 12.6 Å². The van der Waals surface area contributed by atoms with Crippen molar-refractivity contribution in [1.29, 1.82) is 0 Å². The summed E-state index contributed by atoms with van der Waals surface area (Å²) in [5.74, 6) is 1.54. The van der Waals surface area contributed by atoms with E-state index in [1.165, 1.54) is 37.4 Å². The molecule has 0 aliphatic heterocycles. The molecule has 0 spiro atoms. The van der Waals surface area contributed by atoms with E-state index in [0.717, 1.165) is 24.0 Å². The first kappa shape index (κ1) is 25.5. The monoisotopic (exact) mass is 441 g/mol. The molecule has 5 N–H and O–H groups in total. The van der Waals surface area contributed by atoms with Crippen LogP contribution in [0.3, 0.4) is 0 Å². The number of nitrogens with two attached hydrogens (primary N) is 2. The normalized spacial score (nSPS) is 11.7. The third-order valence-corrected chi connectivity index (χ3v) is 5.74. The lowest BCUT2D eigenvalue weighted by Gasteiger charge is -2.14. The van der Waals surface area contributed by atoms with Crippen molar-refractivity contribution in [1.82, 2.24) is 5.32 Å². The van der Waals surface area contributed by atoms with Gasteiger partial charge < -0.3 is 21.5 Å². The zero-order chi connectivity index (χ0) is 21.6. The van der Waals surface area contributed by atoms with Crippen molar-refractivity contribution in [3.63, 3.8) is 0 Å². The van der Waals surface area contributed by atoms with Crippen molar-refractivity contribution >= 4 is 39.7 Å². The van der Waals surface area contributed by atoms with E-state index in [1.54, 1.807) is 0 Å². The van der Waals surface area contributed by atoms with Gasteiger partial charge in [-0.2, -0.15) is 0 Å². The Morgan fingerprint density at radius 3 is 2.34 bits per heavy atom. The number of hydrogen-bond donors (Lipinski definition) is 3. The van der Waals surface area contributed by atoms with Crippen molar-refractivity contribution in [2.45, 2.75) is 50.7 Å². The zero-order valence-electron chi connectivity index (χ0n) is 17.1. The SMILES string of the molecule is CC(=O)SCc1ccc(OCCNC(=O)[C@@H](N)CCCCN)cc1CSC(C)=O. The van der Waals surface area contributed by atoms with Gasteiger partial charge >= 0.3 is 0 Å². The summed E-state index contributed by atoms with van der Waals surface area (Å²) in [5.41, 5.74) is 13.2. The number of benzene rings is 1. The highest BCUT2D eigenvalue weighted by Crippen LogP contribution is 2.26. The molecule has 0 unspecified atom stereocenters. The molecule has 0 radical (unpaired) electrons. The Hall–Kier alpha value is -1.55. The van der Waals surface area contributed by atoms with E-state index < -0.39 is 6.04 Å². The predicted octanol–water partition coefficient (Wildman–Crippen LogP) is 2.20. The molecule has 162 valence electrons. The lowest BCUT2D eigenvalue weighted by atomic mass is 10.1. The number of hydrogen-bond acceptors (Lipinski definition) is 8. The van der Waals surface area contributed by atoms with Crippen LogP contribution in [0.4, 0.5) is 0 Å². The van der Waals surface area contributed by atoms with Crippen LogP contribution < -0.4 is 21.5 Å². The smallest absolute Gasteiger partial charge is 0.237 e. The molecule has 0 aliphatic carbocycles. The van der Waals surface area contributed by atoms with Crippen LogP contribution in [-0.4, -0.2) is 41.9 Å². The molecule has 1 amide bonds. The van der Waals surface area contributed by atoms with Crippen LogP contribution in [0, 0.1) is 0 Å². The number of carbonyl (C=O) groups excluding carboxylic acids is 3. The summed E-state index contributed by atoms with van der Waals surface area (Å²) in [7, 11) is 0. The first-order valence-electron chi connectivity index (χ1n) is 9.58. The summed E-state index contributed by atoms with van der Waals surface area (Å²) in [4.78, 5) is 34.5. The second kappa shape index (κ2) is 14.4. The summed E-state index contributed by atoms with van der Waals surface area (Å²) in [6, 6.07) is 5.09. The molecule has 1 aromatic carbocycles. The molecule has 1 aromatic rings. The summed E-state index contributed by atoms with van der Waals surface area (Å²) in [5, 5.41) is 2.85. The Morgan fingerprint density at radius 2 is 1.72 bits per heavy atom. The fraction of sp³-hybridized carbons (Fsp3) is 0.550. The van der Waals surface area contributed by atoms with E-state index in [4.69, 9.17) is 16.2 Å². The van der Waals surface area contributed by atoms with Crippen LogP contribution in [0.25, 0.3) is 0 Å². The van der Waals surface area contributed by atoms with Crippen LogP contribution in [0.1, 0.15) is 44.2 Å². The quantitative estimate of drug-likeness (QED) is 0.398. The number of unbranched alkanes of at least 4 members (excludes halogenated alkanes) is 1. The van der Waals surface area contributed by atoms with Crippen LogP contribution in [0.5, 0.6) is 5.75 Å². The zero-order valence-corrected chi connectivity index (χ0v) is 18.7. The van der Waals surface area contributed by atoms with Gasteiger partial charge in [-0.3, -0.25) is 14.4 Å². The van der Waals surface area contributed by atoms with Gasteiger partial charge in [0.1, 0.15) is 12.4 Å². The highest BCUT2D eigenvalue weighted by atomic mass is 32.2. The molecule has 1 atom stereocenters. The summed E-state index contributed by atoms with van der Waals surface area (Å²) in [6.45, 7) is 4.31. The lowest BCUT2D eigenvalue weighted by molar-refractivity contribution is -0.122. The molecule has 0 saturated heterocycles. The molecule has 0 bridgehead atoms. The molecule has 0 fully saturated rings. The maximum absolute atomic E-state index is 11.9. The number of ether oxygens (including phenoxy) is 1. The highest BCUT2D eigenvalue weighted by Gasteiger charge is 2.12. The predicted molar refractivity (Wildman–Crippen MR) is 120 cm³/mol. The van der Waals surface area contributed by atoms with E-state index in [1.807, 2.05) is 18.2 Å². The lowest BCUT2D eigenvalue weighted by Crippen LogP contribution is -2.42. The van der Waals surface area contributed by atoms with Gasteiger partial charge in [0.25, 0.3) is 0 Å². The van der Waals surface area contributed by atoms with Gasteiger partial charge in [-0.25, -0.2) is 0 Å². The molecule has 0 saturated carbocycles. The average molecular weight is 442 g/mol. The molecule has 29 heavy (non-hydrogen) atoms. The molecule has 0 heterocycles. The van der Waals surface area contributed by atoms with Gasteiger partial charge in [-0.1, -0.05) is 36.0 Å². The average Bonchev–Trinajstić information content (AvgIpc) is 2.68. The van der Waals surface area contributed by atoms with Crippen molar-refractivity contribution in [3.8, 4) is 5.75 Å². The van der Waals surface area contributed by atoms with Crippen LogP contribution in [0.15, 0.2) is 18.2 Å². The number of amides is 1. The molecule has 7 nitrogen and oxygen atoms in total. The minimum atomic E-state index is -0.533. The van der Waals surface area contributed by atoms with Crippen LogP contribution >= 0.6 is 23.5 Å². The van der Waals surface area contributed by atoms with Gasteiger partial charge in [0.15, 0.2) is 10.2 Å².